The second-order valence-corrected chi connectivity index (χ2v) is 4.78. The summed E-state index contributed by atoms with van der Waals surface area (Å²) in [4.78, 5) is 23.1. The number of hydrogen-bond donors (Lipinski definition) is 1. The second kappa shape index (κ2) is 8.52. The molecular formula is C17H18N2O5. The molecule has 2 rings (SSSR count). The van der Waals surface area contributed by atoms with E-state index in [9.17, 15) is 9.59 Å². The minimum absolute atomic E-state index is 0.201. The van der Waals surface area contributed by atoms with Crippen molar-refractivity contribution in [3.05, 3.63) is 53.5 Å². The fraction of sp³-hybridized carbons (Fsp3) is 0.235. The highest BCUT2D eigenvalue weighted by atomic mass is 16.5. The highest BCUT2D eigenvalue weighted by molar-refractivity contribution is 5.89. The maximum atomic E-state index is 11.6. The second-order valence-electron chi connectivity index (χ2n) is 4.78. The van der Waals surface area contributed by atoms with Crippen molar-refractivity contribution in [3.8, 4) is 5.75 Å². The minimum Gasteiger partial charge on any atom is -0.484 e. The first kappa shape index (κ1) is 17.3. The third kappa shape index (κ3) is 5.28. The van der Waals surface area contributed by atoms with Gasteiger partial charge in [-0.05, 0) is 50.2 Å². The first-order valence-electron chi connectivity index (χ1n) is 7.37. The third-order valence-corrected chi connectivity index (χ3v) is 2.88. The van der Waals surface area contributed by atoms with Gasteiger partial charge in [0.2, 0.25) is 0 Å². The van der Waals surface area contributed by atoms with E-state index in [4.69, 9.17) is 13.9 Å². The van der Waals surface area contributed by atoms with Gasteiger partial charge in [-0.15, -0.1) is 0 Å². The zero-order valence-corrected chi connectivity index (χ0v) is 13.4. The number of esters is 1. The van der Waals surface area contributed by atoms with Crippen LogP contribution in [0.5, 0.6) is 5.75 Å². The topological polar surface area (TPSA) is 90.1 Å². The van der Waals surface area contributed by atoms with Gasteiger partial charge >= 0.3 is 5.97 Å². The number of benzene rings is 1. The summed E-state index contributed by atoms with van der Waals surface area (Å²) in [6, 6.07) is 9.87. The average molecular weight is 330 g/mol. The largest absolute Gasteiger partial charge is 0.484 e. The van der Waals surface area contributed by atoms with Crippen LogP contribution in [0.1, 0.15) is 28.8 Å². The monoisotopic (exact) mass is 330 g/mol. The number of ether oxygens (including phenoxy) is 2. The molecule has 0 aliphatic carbocycles. The number of amides is 1. The Morgan fingerprint density at radius 2 is 1.96 bits per heavy atom. The lowest BCUT2D eigenvalue weighted by molar-refractivity contribution is -0.123. The maximum absolute atomic E-state index is 11.6. The molecule has 0 bridgehead atoms. The molecule has 1 amide bonds. The fourth-order valence-electron chi connectivity index (χ4n) is 1.77. The molecule has 7 nitrogen and oxygen atoms in total. The Balaban J connectivity index is 1.77. The van der Waals surface area contributed by atoms with Gasteiger partial charge in [-0.25, -0.2) is 10.2 Å². The molecule has 126 valence electrons. The summed E-state index contributed by atoms with van der Waals surface area (Å²) in [7, 11) is 0. The first-order chi connectivity index (χ1) is 11.6. The molecule has 2 aromatic rings. The van der Waals surface area contributed by atoms with E-state index in [1.54, 1.807) is 43.3 Å². The van der Waals surface area contributed by atoms with Crippen molar-refractivity contribution in [2.45, 2.75) is 13.8 Å². The van der Waals surface area contributed by atoms with Crippen LogP contribution in [0.25, 0.3) is 0 Å². The van der Waals surface area contributed by atoms with Crippen LogP contribution >= 0.6 is 0 Å². The number of carbonyl (C=O) groups excluding carboxylic acids is 2. The number of nitrogens with one attached hydrogen (secondary N) is 1. The molecule has 1 N–H and O–H groups in total. The lowest BCUT2D eigenvalue weighted by atomic mass is 10.2. The molecule has 0 spiro atoms. The summed E-state index contributed by atoms with van der Waals surface area (Å²) in [6.07, 6.45) is 1.40. The normalized spacial score (nSPS) is 10.6. The first-order valence-corrected chi connectivity index (χ1v) is 7.37. The Morgan fingerprint density at radius 3 is 2.58 bits per heavy atom. The molecule has 0 radical (unpaired) electrons. The molecule has 7 heteroatoms. The van der Waals surface area contributed by atoms with Crippen molar-refractivity contribution in [1.29, 1.82) is 0 Å². The van der Waals surface area contributed by atoms with Crippen molar-refractivity contribution in [3.63, 3.8) is 0 Å². The lowest BCUT2D eigenvalue weighted by Gasteiger charge is -2.06. The molecule has 1 aromatic carbocycles. The molecule has 0 saturated heterocycles. The van der Waals surface area contributed by atoms with E-state index in [0.29, 0.717) is 23.7 Å². The van der Waals surface area contributed by atoms with Crippen LogP contribution in [-0.4, -0.2) is 31.3 Å². The van der Waals surface area contributed by atoms with Gasteiger partial charge in [0.25, 0.3) is 5.91 Å². The summed E-state index contributed by atoms with van der Waals surface area (Å²) in [5, 5.41) is 3.77. The molecule has 0 aliphatic rings. The van der Waals surface area contributed by atoms with Crippen molar-refractivity contribution >= 4 is 18.1 Å². The summed E-state index contributed by atoms with van der Waals surface area (Å²) in [5.74, 6) is 0.956. The maximum Gasteiger partial charge on any atom is 0.338 e. The van der Waals surface area contributed by atoms with Crippen LogP contribution < -0.4 is 10.2 Å². The van der Waals surface area contributed by atoms with Crippen LogP contribution in [0, 0.1) is 6.92 Å². The van der Waals surface area contributed by atoms with Crippen LogP contribution in [0.3, 0.4) is 0 Å². The van der Waals surface area contributed by atoms with Crippen LogP contribution in [-0.2, 0) is 9.53 Å². The number of nitrogens with zero attached hydrogens (tertiary/aromatic N) is 1. The zero-order valence-electron chi connectivity index (χ0n) is 13.4. The Bertz CT molecular complexity index is 719. The smallest absolute Gasteiger partial charge is 0.338 e. The van der Waals surface area contributed by atoms with Crippen LogP contribution in [0.2, 0.25) is 0 Å². The van der Waals surface area contributed by atoms with E-state index in [1.165, 1.54) is 6.21 Å². The zero-order chi connectivity index (χ0) is 17.4. The van der Waals surface area contributed by atoms with Gasteiger partial charge in [-0.2, -0.15) is 5.10 Å². The van der Waals surface area contributed by atoms with Crippen LogP contribution in [0.15, 0.2) is 45.9 Å². The molecule has 24 heavy (non-hydrogen) atoms. The van der Waals surface area contributed by atoms with Gasteiger partial charge in [-0.1, -0.05) is 0 Å². The molecule has 0 aliphatic heterocycles. The van der Waals surface area contributed by atoms with Gasteiger partial charge in [0.1, 0.15) is 17.3 Å². The van der Waals surface area contributed by atoms with Gasteiger partial charge in [0, 0.05) is 0 Å². The molecule has 0 fully saturated rings. The number of hydrogen-bond acceptors (Lipinski definition) is 6. The van der Waals surface area contributed by atoms with E-state index in [2.05, 4.69) is 10.5 Å². The van der Waals surface area contributed by atoms with Gasteiger partial charge in [-0.3, -0.25) is 4.79 Å². The predicted octanol–water partition coefficient (Wildman–Crippen LogP) is 2.29. The number of rotatable bonds is 7. The van der Waals surface area contributed by atoms with E-state index in [0.717, 1.165) is 5.76 Å². The highest BCUT2D eigenvalue weighted by Crippen LogP contribution is 2.12. The lowest BCUT2D eigenvalue weighted by Crippen LogP contribution is -2.24. The van der Waals surface area contributed by atoms with Gasteiger partial charge in [0.05, 0.1) is 18.4 Å². The quantitative estimate of drug-likeness (QED) is 0.478. The van der Waals surface area contributed by atoms with Gasteiger partial charge in [0.15, 0.2) is 6.61 Å². The van der Waals surface area contributed by atoms with E-state index < -0.39 is 11.9 Å². The Hall–Kier alpha value is -3.09. The van der Waals surface area contributed by atoms with Crippen molar-refractivity contribution in [2.24, 2.45) is 5.10 Å². The average Bonchev–Trinajstić information content (AvgIpc) is 2.99. The van der Waals surface area contributed by atoms with E-state index >= 15 is 0 Å². The Labute approximate surface area is 139 Å². The Morgan fingerprint density at radius 1 is 1.21 bits per heavy atom. The summed E-state index contributed by atoms with van der Waals surface area (Å²) in [6.45, 7) is 3.67. The molecule has 0 saturated carbocycles. The number of carbonyl (C=O) groups is 2. The number of furan rings is 1. The molecule has 0 atom stereocenters. The molecular weight excluding hydrogens is 312 g/mol. The molecule has 1 aromatic heterocycles. The number of hydrazone groups is 1. The van der Waals surface area contributed by atoms with E-state index in [-0.39, 0.29) is 6.61 Å². The van der Waals surface area contributed by atoms with Crippen molar-refractivity contribution in [1.82, 2.24) is 5.43 Å². The highest BCUT2D eigenvalue weighted by Gasteiger charge is 2.07. The van der Waals surface area contributed by atoms with Crippen LogP contribution in [0.4, 0.5) is 0 Å². The van der Waals surface area contributed by atoms with E-state index in [1.807, 2.05) is 6.92 Å². The van der Waals surface area contributed by atoms with Gasteiger partial charge < -0.3 is 13.9 Å². The van der Waals surface area contributed by atoms with Crippen molar-refractivity contribution in [2.75, 3.05) is 13.2 Å². The third-order valence-electron chi connectivity index (χ3n) is 2.88. The molecule has 1 heterocycles. The summed E-state index contributed by atoms with van der Waals surface area (Å²) < 4.78 is 15.5. The standard InChI is InChI=1S/C17H18N2O5/c1-3-22-17(21)13-5-8-14(9-6-13)23-11-16(20)19-18-10-15-7-4-12(2)24-15/h4-10H,3,11H2,1-2H3,(H,19,20). The minimum atomic E-state index is -0.413. The van der Waals surface area contributed by atoms with Crippen molar-refractivity contribution < 1.29 is 23.5 Å². The molecule has 0 unspecified atom stereocenters. The number of aryl methyl sites for hydroxylation is 1. The fourth-order valence-corrected chi connectivity index (χ4v) is 1.77. The summed E-state index contributed by atoms with van der Waals surface area (Å²) >= 11 is 0. The summed E-state index contributed by atoms with van der Waals surface area (Å²) in [5.41, 5.74) is 2.75. The predicted molar refractivity (Wildman–Crippen MR) is 87.1 cm³/mol. The Kier molecular flexibility index (Phi) is 6.13. The SMILES string of the molecule is CCOC(=O)c1ccc(OCC(=O)NN=Cc2ccc(C)o2)cc1.